The number of H-pyrrole nitrogens is 1. The van der Waals surface area contributed by atoms with Crippen LogP contribution in [-0.4, -0.2) is 78.2 Å². The molecule has 0 spiro atoms. The third-order valence-electron chi connectivity index (χ3n) is 1.99. The van der Waals surface area contributed by atoms with E-state index in [1.54, 1.807) is 6.07 Å². The van der Waals surface area contributed by atoms with Gasteiger partial charge in [-0.1, -0.05) is 0 Å². The predicted octanol–water partition coefficient (Wildman–Crippen LogP) is 0.944. The summed E-state index contributed by atoms with van der Waals surface area (Å²) < 4.78 is 0.546. The summed E-state index contributed by atoms with van der Waals surface area (Å²) in [5.74, 6) is -2.40. The van der Waals surface area contributed by atoms with Crippen molar-refractivity contribution in [1.82, 2.24) is 9.97 Å². The van der Waals surface area contributed by atoms with Crippen molar-refractivity contribution in [3.05, 3.63) is 28.6 Å². The number of aliphatic carboxylic acids is 1. The summed E-state index contributed by atoms with van der Waals surface area (Å²) in [6.45, 7) is 0. The SMILES string of the molecule is O=C(O)C(=O)c1c[nH]c2c(Br)nccc12.[KH]. The number of carboxylic acids is 1. The first-order valence-corrected chi connectivity index (χ1v) is 4.80. The molecule has 78 valence electrons. The molecule has 0 saturated heterocycles. The van der Waals surface area contributed by atoms with Gasteiger partial charge in [0.05, 0.1) is 11.1 Å². The Labute approximate surface area is 141 Å². The molecule has 0 aromatic carbocycles. The molecule has 0 unspecified atom stereocenters. The molecule has 0 fully saturated rings. The zero-order chi connectivity index (χ0) is 11.0. The molecule has 2 aromatic rings. The van der Waals surface area contributed by atoms with E-state index in [4.69, 9.17) is 5.11 Å². The molecular formula is C9H6BrKN2O3. The van der Waals surface area contributed by atoms with Gasteiger partial charge in [-0.15, -0.1) is 0 Å². The van der Waals surface area contributed by atoms with E-state index >= 15 is 0 Å². The van der Waals surface area contributed by atoms with Crippen molar-refractivity contribution in [2.75, 3.05) is 0 Å². The monoisotopic (exact) mass is 308 g/mol. The molecule has 0 atom stereocenters. The fourth-order valence-corrected chi connectivity index (χ4v) is 1.77. The van der Waals surface area contributed by atoms with Crippen molar-refractivity contribution in [2.45, 2.75) is 0 Å². The summed E-state index contributed by atoms with van der Waals surface area (Å²) in [6, 6.07) is 1.59. The van der Waals surface area contributed by atoms with Crippen molar-refractivity contribution in [1.29, 1.82) is 0 Å². The second-order valence-corrected chi connectivity index (χ2v) is 3.61. The number of fused-ring (bicyclic) bond motifs is 1. The molecule has 16 heavy (non-hydrogen) atoms. The molecule has 0 amide bonds. The summed E-state index contributed by atoms with van der Waals surface area (Å²) >= 11 is 3.20. The van der Waals surface area contributed by atoms with Gasteiger partial charge in [0.1, 0.15) is 4.60 Å². The van der Waals surface area contributed by atoms with E-state index in [1.807, 2.05) is 0 Å². The van der Waals surface area contributed by atoms with Crippen LogP contribution in [0, 0.1) is 0 Å². The van der Waals surface area contributed by atoms with Gasteiger partial charge in [0.2, 0.25) is 0 Å². The first-order chi connectivity index (χ1) is 7.11. The molecule has 0 aliphatic heterocycles. The van der Waals surface area contributed by atoms with Crippen LogP contribution in [0.5, 0.6) is 0 Å². The Kier molecular flexibility index (Phi) is 4.83. The van der Waals surface area contributed by atoms with E-state index in [-0.39, 0.29) is 56.9 Å². The van der Waals surface area contributed by atoms with Gasteiger partial charge in [-0.25, -0.2) is 9.78 Å². The van der Waals surface area contributed by atoms with E-state index in [2.05, 4.69) is 25.9 Å². The molecule has 0 radical (unpaired) electrons. The van der Waals surface area contributed by atoms with Crippen LogP contribution in [0.25, 0.3) is 10.9 Å². The molecule has 2 N–H and O–H groups in total. The number of pyridine rings is 1. The minimum atomic E-state index is -1.47. The standard InChI is InChI=1S/C9H5BrN2O3.K.H/c10-8-6-4(1-2-11-8)5(3-12-6)7(13)9(14)15;;/h1-3,12H,(H,14,15);;. The number of carbonyl (C=O) groups excluding carboxylic acids is 1. The molecule has 0 aliphatic rings. The average Bonchev–Trinajstić information content (AvgIpc) is 2.61. The number of ketones is 1. The summed E-state index contributed by atoms with van der Waals surface area (Å²) in [5, 5.41) is 9.14. The summed E-state index contributed by atoms with van der Waals surface area (Å²) in [4.78, 5) is 28.6. The predicted molar refractivity (Wildman–Crippen MR) is 62.9 cm³/mol. The topological polar surface area (TPSA) is 83.0 Å². The van der Waals surface area contributed by atoms with Gasteiger partial charge >= 0.3 is 57.4 Å². The molecule has 0 aliphatic carbocycles. The summed E-state index contributed by atoms with van der Waals surface area (Å²) in [6.07, 6.45) is 2.87. The van der Waals surface area contributed by atoms with Crippen LogP contribution in [0.1, 0.15) is 10.4 Å². The molecule has 0 bridgehead atoms. The number of nitrogens with one attached hydrogen (secondary N) is 1. The van der Waals surface area contributed by atoms with Crippen LogP contribution in [0.4, 0.5) is 0 Å². The van der Waals surface area contributed by atoms with E-state index < -0.39 is 11.8 Å². The molecular weight excluding hydrogens is 303 g/mol. The van der Waals surface area contributed by atoms with Crippen molar-refractivity contribution in [2.24, 2.45) is 0 Å². The first kappa shape index (κ1) is 14.0. The molecule has 2 rings (SSSR count). The average molecular weight is 309 g/mol. The number of carboxylic acid groups (broad SMARTS) is 1. The fraction of sp³-hybridized carbons (Fsp3) is 0. The first-order valence-electron chi connectivity index (χ1n) is 4.00. The third kappa shape index (κ3) is 2.44. The Balaban J connectivity index is 0.00000128. The number of rotatable bonds is 2. The summed E-state index contributed by atoms with van der Waals surface area (Å²) in [5.41, 5.74) is 0.753. The quantitative estimate of drug-likeness (QED) is 0.374. The maximum absolute atomic E-state index is 11.3. The molecule has 5 nitrogen and oxygen atoms in total. The maximum atomic E-state index is 11.3. The number of hydrogen-bond acceptors (Lipinski definition) is 3. The number of nitrogens with zero attached hydrogens (tertiary/aromatic N) is 1. The Morgan fingerprint density at radius 1 is 1.44 bits per heavy atom. The van der Waals surface area contributed by atoms with Crippen molar-refractivity contribution < 1.29 is 14.7 Å². The zero-order valence-corrected chi connectivity index (χ0v) is 8.91. The Bertz CT molecular complexity index is 567. The third-order valence-corrected chi connectivity index (χ3v) is 2.60. The van der Waals surface area contributed by atoms with Crippen LogP contribution in [0.2, 0.25) is 0 Å². The Morgan fingerprint density at radius 3 is 2.75 bits per heavy atom. The number of carbonyl (C=O) groups is 2. The molecule has 2 aromatic heterocycles. The molecule has 7 heteroatoms. The Morgan fingerprint density at radius 2 is 2.12 bits per heavy atom. The summed E-state index contributed by atoms with van der Waals surface area (Å²) in [7, 11) is 0. The fourth-order valence-electron chi connectivity index (χ4n) is 1.32. The van der Waals surface area contributed by atoms with Gasteiger partial charge in [-0.3, -0.25) is 4.79 Å². The molecule has 2 heterocycles. The van der Waals surface area contributed by atoms with Crippen molar-refractivity contribution >= 4 is 90.0 Å². The second kappa shape index (κ2) is 5.52. The number of hydrogen-bond donors (Lipinski definition) is 2. The van der Waals surface area contributed by atoms with Crippen LogP contribution in [0.15, 0.2) is 23.1 Å². The van der Waals surface area contributed by atoms with Crippen LogP contribution < -0.4 is 0 Å². The van der Waals surface area contributed by atoms with Crippen LogP contribution >= 0.6 is 15.9 Å². The van der Waals surface area contributed by atoms with E-state index in [0.29, 0.717) is 15.5 Å². The van der Waals surface area contributed by atoms with Crippen molar-refractivity contribution in [3.8, 4) is 0 Å². The second-order valence-electron chi connectivity index (χ2n) is 2.86. The number of aromatic nitrogens is 2. The number of Topliss-reactive ketones (excluding diaryl/α,β-unsaturated/α-hetero) is 1. The zero-order valence-electron chi connectivity index (χ0n) is 7.32. The number of halogens is 1. The van der Waals surface area contributed by atoms with Gasteiger partial charge in [-0.2, -0.15) is 0 Å². The van der Waals surface area contributed by atoms with Gasteiger partial charge in [0, 0.05) is 17.8 Å². The van der Waals surface area contributed by atoms with Crippen molar-refractivity contribution in [3.63, 3.8) is 0 Å². The van der Waals surface area contributed by atoms with Crippen LogP contribution in [0.3, 0.4) is 0 Å². The minimum absolute atomic E-state index is 0. The molecule has 0 saturated carbocycles. The normalized spacial score (nSPS) is 9.81. The van der Waals surface area contributed by atoms with E-state index in [1.165, 1.54) is 12.4 Å². The van der Waals surface area contributed by atoms with Gasteiger partial charge in [0.25, 0.3) is 5.78 Å². The van der Waals surface area contributed by atoms with Gasteiger partial charge in [-0.05, 0) is 22.0 Å². The van der Waals surface area contributed by atoms with Gasteiger partial charge < -0.3 is 10.1 Å². The van der Waals surface area contributed by atoms with Crippen LogP contribution in [-0.2, 0) is 4.79 Å². The van der Waals surface area contributed by atoms with Gasteiger partial charge in [0.15, 0.2) is 0 Å². The Hall–Kier alpha value is -0.0536. The van der Waals surface area contributed by atoms with E-state index in [0.717, 1.165) is 0 Å². The number of aromatic amines is 1. The van der Waals surface area contributed by atoms with E-state index in [9.17, 15) is 9.59 Å².